The van der Waals surface area contributed by atoms with Gasteiger partial charge in [0, 0.05) is 12.0 Å². The Labute approximate surface area is 96.3 Å². The maximum Gasteiger partial charge on any atom is 0.280 e. The molecule has 0 saturated heterocycles. The van der Waals surface area contributed by atoms with E-state index < -0.39 is 0 Å². The highest BCUT2D eigenvalue weighted by Crippen LogP contribution is 2.46. The zero-order valence-corrected chi connectivity index (χ0v) is 9.18. The molecule has 7 heteroatoms. The zero-order chi connectivity index (χ0) is 12.0. The summed E-state index contributed by atoms with van der Waals surface area (Å²) in [5.74, 6) is 0.148. The van der Waals surface area contributed by atoms with Crippen molar-refractivity contribution in [1.82, 2.24) is 19.5 Å². The zero-order valence-electron chi connectivity index (χ0n) is 9.18. The summed E-state index contributed by atoms with van der Waals surface area (Å²) < 4.78 is 1.41. The van der Waals surface area contributed by atoms with Gasteiger partial charge in [0.1, 0.15) is 0 Å². The Morgan fingerprint density at radius 1 is 1.59 bits per heavy atom. The highest BCUT2D eigenvalue weighted by molar-refractivity contribution is 5.69. The first-order valence-electron chi connectivity index (χ1n) is 5.45. The van der Waals surface area contributed by atoms with Crippen LogP contribution >= 0.6 is 0 Å². The number of aliphatic hydroxyl groups excluding tert-OH is 1. The minimum atomic E-state index is -0.232. The van der Waals surface area contributed by atoms with Crippen molar-refractivity contribution in [3.05, 3.63) is 16.7 Å². The lowest BCUT2D eigenvalue weighted by molar-refractivity contribution is 0.194. The van der Waals surface area contributed by atoms with E-state index in [1.807, 2.05) is 0 Å². The van der Waals surface area contributed by atoms with Gasteiger partial charge in [0.15, 0.2) is 11.2 Å². The number of H-pyrrole nitrogens is 1. The Balaban J connectivity index is 2.12. The van der Waals surface area contributed by atoms with Crippen LogP contribution in [0.3, 0.4) is 0 Å². The molecule has 0 amide bonds. The molecule has 0 aliphatic heterocycles. The van der Waals surface area contributed by atoms with Crippen molar-refractivity contribution in [1.29, 1.82) is 0 Å². The van der Waals surface area contributed by atoms with Gasteiger partial charge >= 0.3 is 0 Å². The smallest absolute Gasteiger partial charge is 0.280 e. The fraction of sp³-hybridized carbons (Fsp3) is 0.500. The molecule has 0 unspecified atom stereocenters. The van der Waals surface area contributed by atoms with Crippen molar-refractivity contribution < 1.29 is 5.11 Å². The van der Waals surface area contributed by atoms with Gasteiger partial charge < -0.3 is 15.8 Å². The number of imidazole rings is 1. The molecule has 0 atom stereocenters. The van der Waals surface area contributed by atoms with Crippen LogP contribution in [0.4, 0.5) is 5.95 Å². The van der Waals surface area contributed by atoms with E-state index in [1.165, 1.54) is 10.9 Å². The molecular weight excluding hydrogens is 222 g/mol. The van der Waals surface area contributed by atoms with E-state index in [0.717, 1.165) is 12.8 Å². The van der Waals surface area contributed by atoms with Crippen LogP contribution in [0, 0.1) is 5.41 Å². The third-order valence-electron chi connectivity index (χ3n) is 3.36. The summed E-state index contributed by atoms with van der Waals surface area (Å²) in [6.45, 7) is 0.482. The quantitative estimate of drug-likeness (QED) is 0.662. The number of nitrogens with one attached hydrogen (secondary N) is 1. The molecular formula is C10H13N5O2. The third kappa shape index (κ3) is 1.50. The Kier molecular flexibility index (Phi) is 1.99. The summed E-state index contributed by atoms with van der Waals surface area (Å²) in [6.07, 6.45) is 3.24. The molecule has 7 nitrogen and oxygen atoms in total. The molecule has 0 radical (unpaired) electrons. The van der Waals surface area contributed by atoms with Crippen LogP contribution in [0.5, 0.6) is 0 Å². The first-order chi connectivity index (χ1) is 8.15. The topological polar surface area (TPSA) is 110 Å². The number of nitrogen functional groups attached to an aromatic ring is 1. The molecule has 1 aliphatic carbocycles. The number of anilines is 1. The predicted octanol–water partition coefficient (Wildman–Crippen LogP) is -0.526. The van der Waals surface area contributed by atoms with Gasteiger partial charge in [0.2, 0.25) is 5.95 Å². The van der Waals surface area contributed by atoms with Crippen molar-refractivity contribution in [2.45, 2.75) is 19.4 Å². The number of nitrogens with two attached hydrogens (primary N) is 1. The second kappa shape index (κ2) is 3.30. The van der Waals surface area contributed by atoms with Gasteiger partial charge in [-0.1, -0.05) is 0 Å². The lowest BCUT2D eigenvalue weighted by Crippen LogP contribution is -2.29. The molecule has 1 fully saturated rings. The summed E-state index contributed by atoms with van der Waals surface area (Å²) in [5, 5.41) is 9.28. The number of hydrogen-bond donors (Lipinski definition) is 3. The molecule has 2 aromatic heterocycles. The van der Waals surface area contributed by atoms with Gasteiger partial charge in [-0.2, -0.15) is 4.98 Å². The Hall–Kier alpha value is -1.89. The van der Waals surface area contributed by atoms with Gasteiger partial charge in [0.05, 0.1) is 12.9 Å². The first kappa shape index (κ1) is 10.3. The van der Waals surface area contributed by atoms with E-state index in [9.17, 15) is 9.90 Å². The van der Waals surface area contributed by atoms with Crippen LogP contribution in [-0.2, 0) is 6.54 Å². The third-order valence-corrected chi connectivity index (χ3v) is 3.36. The molecule has 3 rings (SSSR count). The van der Waals surface area contributed by atoms with Crippen LogP contribution in [0.1, 0.15) is 12.8 Å². The molecule has 17 heavy (non-hydrogen) atoms. The molecule has 1 aliphatic rings. The molecule has 0 aromatic carbocycles. The fourth-order valence-corrected chi connectivity index (χ4v) is 1.97. The number of aliphatic hydroxyl groups is 1. The van der Waals surface area contributed by atoms with Crippen LogP contribution < -0.4 is 11.3 Å². The summed E-state index contributed by atoms with van der Waals surface area (Å²) >= 11 is 0. The lowest BCUT2D eigenvalue weighted by atomic mass is 10.1. The maximum absolute atomic E-state index is 12.1. The Bertz CT molecular complexity index is 625. The van der Waals surface area contributed by atoms with Gasteiger partial charge in [0.25, 0.3) is 5.56 Å². The van der Waals surface area contributed by atoms with Crippen molar-refractivity contribution in [3.63, 3.8) is 0 Å². The van der Waals surface area contributed by atoms with Gasteiger partial charge in [-0.3, -0.25) is 9.36 Å². The predicted molar refractivity (Wildman–Crippen MR) is 61.3 cm³/mol. The second-order valence-corrected chi connectivity index (χ2v) is 4.62. The summed E-state index contributed by atoms with van der Waals surface area (Å²) in [4.78, 5) is 22.8. The Morgan fingerprint density at radius 2 is 2.35 bits per heavy atom. The van der Waals surface area contributed by atoms with E-state index in [1.54, 1.807) is 0 Å². The number of rotatable bonds is 3. The molecule has 1 saturated carbocycles. The monoisotopic (exact) mass is 235 g/mol. The molecule has 0 bridgehead atoms. The highest BCUT2D eigenvalue weighted by atomic mass is 16.3. The van der Waals surface area contributed by atoms with E-state index in [2.05, 4.69) is 15.0 Å². The average molecular weight is 235 g/mol. The maximum atomic E-state index is 12.1. The standard InChI is InChI=1S/C10H13N5O2/c11-9-14-7-6(12-5-13-7)8(17)15(9)3-10(4-16)1-2-10/h5,16H,1-4H2,(H2,11,14)(H,12,13). The SMILES string of the molecule is Nc1nc2nc[nH]c2c(=O)n1CC1(CO)CC1. The lowest BCUT2D eigenvalue weighted by Gasteiger charge is -2.14. The van der Waals surface area contributed by atoms with E-state index >= 15 is 0 Å². The van der Waals surface area contributed by atoms with Crippen molar-refractivity contribution >= 4 is 17.1 Å². The van der Waals surface area contributed by atoms with Crippen LogP contribution in [0.2, 0.25) is 0 Å². The summed E-state index contributed by atoms with van der Waals surface area (Å²) in [5.41, 5.74) is 6.02. The van der Waals surface area contributed by atoms with Crippen LogP contribution in [0.15, 0.2) is 11.1 Å². The second-order valence-electron chi connectivity index (χ2n) is 4.62. The summed E-state index contributed by atoms with van der Waals surface area (Å²) in [6, 6.07) is 0. The van der Waals surface area contributed by atoms with Crippen molar-refractivity contribution in [2.75, 3.05) is 12.3 Å². The molecule has 0 spiro atoms. The van der Waals surface area contributed by atoms with Crippen molar-refractivity contribution in [3.8, 4) is 0 Å². The number of fused-ring (bicyclic) bond motifs is 1. The van der Waals surface area contributed by atoms with E-state index in [0.29, 0.717) is 17.7 Å². The van der Waals surface area contributed by atoms with E-state index in [-0.39, 0.29) is 23.5 Å². The molecule has 4 N–H and O–H groups in total. The number of nitrogens with zero attached hydrogens (tertiary/aromatic N) is 3. The normalized spacial score (nSPS) is 17.5. The molecule has 2 heterocycles. The minimum Gasteiger partial charge on any atom is -0.396 e. The number of aromatic nitrogens is 4. The van der Waals surface area contributed by atoms with Crippen LogP contribution in [-0.4, -0.2) is 31.2 Å². The van der Waals surface area contributed by atoms with Crippen LogP contribution in [0.25, 0.3) is 11.2 Å². The van der Waals surface area contributed by atoms with Gasteiger partial charge in [-0.15, -0.1) is 0 Å². The number of aromatic amines is 1. The van der Waals surface area contributed by atoms with Crippen molar-refractivity contribution in [2.24, 2.45) is 5.41 Å². The summed E-state index contributed by atoms with van der Waals surface area (Å²) in [7, 11) is 0. The Morgan fingerprint density at radius 3 is 3.00 bits per heavy atom. The van der Waals surface area contributed by atoms with E-state index in [4.69, 9.17) is 5.73 Å². The van der Waals surface area contributed by atoms with Gasteiger partial charge in [-0.05, 0) is 12.8 Å². The van der Waals surface area contributed by atoms with Gasteiger partial charge in [-0.25, -0.2) is 4.98 Å². The minimum absolute atomic E-state index is 0.0693. The highest BCUT2D eigenvalue weighted by Gasteiger charge is 2.43. The largest absolute Gasteiger partial charge is 0.396 e. The average Bonchev–Trinajstić information content (AvgIpc) is 2.95. The fourth-order valence-electron chi connectivity index (χ4n) is 1.97. The molecule has 2 aromatic rings. The first-order valence-corrected chi connectivity index (χ1v) is 5.45. The molecule has 90 valence electrons. The number of hydrogen-bond acceptors (Lipinski definition) is 5.